The summed E-state index contributed by atoms with van der Waals surface area (Å²) in [5.41, 5.74) is 2.19. The number of ether oxygens (including phenoxy) is 1. The zero-order valence-electron chi connectivity index (χ0n) is 11.8. The van der Waals surface area contributed by atoms with Crippen LogP contribution in [0.2, 0.25) is 0 Å². The van der Waals surface area contributed by atoms with Gasteiger partial charge < -0.3 is 4.74 Å². The largest absolute Gasteiger partial charge is 0.468 e. The zero-order valence-corrected chi connectivity index (χ0v) is 11.8. The van der Waals surface area contributed by atoms with Gasteiger partial charge in [0.05, 0.1) is 7.11 Å². The van der Waals surface area contributed by atoms with Gasteiger partial charge in [-0.15, -0.1) is 0 Å². The molecule has 0 bridgehead atoms. The Morgan fingerprint density at radius 2 is 1.84 bits per heavy atom. The second-order valence-electron chi connectivity index (χ2n) is 5.37. The monoisotopic (exact) mass is 261 g/mol. The summed E-state index contributed by atoms with van der Waals surface area (Å²) < 4.78 is 4.94. The van der Waals surface area contributed by atoms with Crippen molar-refractivity contribution >= 4 is 5.97 Å². The van der Waals surface area contributed by atoms with E-state index in [0.29, 0.717) is 6.04 Å². The first-order valence-electron chi connectivity index (χ1n) is 7.11. The zero-order chi connectivity index (χ0) is 13.7. The van der Waals surface area contributed by atoms with Crippen LogP contribution < -0.4 is 5.32 Å². The third kappa shape index (κ3) is 3.80. The van der Waals surface area contributed by atoms with Gasteiger partial charge in [-0.25, -0.2) is 4.79 Å². The van der Waals surface area contributed by atoms with E-state index in [1.807, 2.05) is 31.2 Å². The molecule has 1 saturated carbocycles. The van der Waals surface area contributed by atoms with Crippen molar-refractivity contribution in [2.24, 2.45) is 0 Å². The summed E-state index contributed by atoms with van der Waals surface area (Å²) >= 11 is 0. The summed E-state index contributed by atoms with van der Waals surface area (Å²) in [5.74, 6) is -0.200. The van der Waals surface area contributed by atoms with E-state index in [0.717, 1.165) is 18.4 Å². The molecule has 0 saturated heterocycles. The first kappa shape index (κ1) is 14.1. The Bertz CT molecular complexity index is 407. The molecule has 1 aromatic rings. The molecule has 1 N–H and O–H groups in total. The Hall–Kier alpha value is -1.35. The van der Waals surface area contributed by atoms with Gasteiger partial charge >= 0.3 is 5.97 Å². The van der Waals surface area contributed by atoms with Crippen molar-refractivity contribution in [1.29, 1.82) is 0 Å². The van der Waals surface area contributed by atoms with Gasteiger partial charge in [0.2, 0.25) is 0 Å². The standard InChI is InChI=1S/C16H23NO2/c1-12-8-10-13(11-9-12)15(16(18)19-2)17-14-6-4-3-5-7-14/h8-11,14-15,17H,3-7H2,1-2H3. The fourth-order valence-corrected chi connectivity index (χ4v) is 2.68. The molecule has 0 radical (unpaired) electrons. The Morgan fingerprint density at radius 3 is 2.42 bits per heavy atom. The number of carbonyl (C=O) groups is 1. The van der Waals surface area contributed by atoms with E-state index in [4.69, 9.17) is 4.74 Å². The lowest BCUT2D eigenvalue weighted by atomic mass is 9.94. The van der Waals surface area contributed by atoms with E-state index in [1.165, 1.54) is 31.9 Å². The van der Waals surface area contributed by atoms with Crippen LogP contribution in [0.15, 0.2) is 24.3 Å². The molecule has 0 aromatic heterocycles. The van der Waals surface area contributed by atoms with E-state index in [1.54, 1.807) is 0 Å². The van der Waals surface area contributed by atoms with Crippen molar-refractivity contribution < 1.29 is 9.53 Å². The van der Waals surface area contributed by atoms with Gasteiger partial charge in [-0.2, -0.15) is 0 Å². The van der Waals surface area contributed by atoms with E-state index < -0.39 is 0 Å². The Kier molecular flexibility index (Phi) is 4.97. The highest BCUT2D eigenvalue weighted by Crippen LogP contribution is 2.22. The van der Waals surface area contributed by atoms with Crippen LogP contribution in [0.4, 0.5) is 0 Å². The summed E-state index contributed by atoms with van der Waals surface area (Å²) in [6, 6.07) is 8.18. The van der Waals surface area contributed by atoms with Crippen LogP contribution in [-0.2, 0) is 9.53 Å². The highest BCUT2D eigenvalue weighted by atomic mass is 16.5. The molecule has 19 heavy (non-hydrogen) atoms. The second-order valence-corrected chi connectivity index (χ2v) is 5.37. The number of rotatable bonds is 4. The topological polar surface area (TPSA) is 38.3 Å². The summed E-state index contributed by atoms with van der Waals surface area (Å²) in [6.45, 7) is 2.05. The predicted molar refractivity (Wildman–Crippen MR) is 75.9 cm³/mol. The third-order valence-electron chi connectivity index (χ3n) is 3.86. The van der Waals surface area contributed by atoms with Crippen LogP contribution in [0, 0.1) is 6.92 Å². The predicted octanol–water partition coefficient (Wildman–Crippen LogP) is 3.13. The number of esters is 1. The smallest absolute Gasteiger partial charge is 0.327 e. The van der Waals surface area contributed by atoms with Gasteiger partial charge in [-0.3, -0.25) is 5.32 Å². The normalized spacial score (nSPS) is 18.0. The number of benzene rings is 1. The first-order chi connectivity index (χ1) is 9.20. The molecule has 3 nitrogen and oxygen atoms in total. The Morgan fingerprint density at radius 1 is 1.21 bits per heavy atom. The molecule has 1 aliphatic rings. The number of hydrogen-bond donors (Lipinski definition) is 1. The molecular weight excluding hydrogens is 238 g/mol. The lowest BCUT2D eigenvalue weighted by Gasteiger charge is -2.27. The average Bonchev–Trinajstić information content (AvgIpc) is 2.46. The van der Waals surface area contributed by atoms with E-state index in [-0.39, 0.29) is 12.0 Å². The minimum atomic E-state index is -0.339. The highest BCUT2D eigenvalue weighted by molar-refractivity contribution is 5.77. The molecule has 0 heterocycles. The number of hydrogen-bond acceptors (Lipinski definition) is 3. The molecule has 1 aromatic carbocycles. The van der Waals surface area contributed by atoms with Crippen molar-refractivity contribution in [3.63, 3.8) is 0 Å². The molecule has 1 unspecified atom stereocenters. The molecule has 0 spiro atoms. The van der Waals surface area contributed by atoms with Crippen molar-refractivity contribution in [2.75, 3.05) is 7.11 Å². The van der Waals surface area contributed by atoms with Gasteiger partial charge in [-0.1, -0.05) is 49.1 Å². The molecule has 1 aliphatic carbocycles. The highest BCUT2D eigenvalue weighted by Gasteiger charge is 2.25. The number of methoxy groups -OCH3 is 1. The lowest BCUT2D eigenvalue weighted by Crippen LogP contribution is -2.38. The van der Waals surface area contributed by atoms with Crippen molar-refractivity contribution in [1.82, 2.24) is 5.32 Å². The summed E-state index contributed by atoms with van der Waals surface area (Å²) in [5, 5.41) is 3.47. The van der Waals surface area contributed by atoms with Crippen molar-refractivity contribution in [2.45, 2.75) is 51.1 Å². The second kappa shape index (κ2) is 6.71. The fourth-order valence-electron chi connectivity index (χ4n) is 2.68. The molecular formula is C16H23NO2. The van der Waals surface area contributed by atoms with E-state index in [2.05, 4.69) is 5.32 Å². The van der Waals surface area contributed by atoms with Crippen LogP contribution in [-0.4, -0.2) is 19.1 Å². The summed E-state index contributed by atoms with van der Waals surface area (Å²) in [6.07, 6.45) is 6.11. The minimum absolute atomic E-state index is 0.200. The SMILES string of the molecule is COC(=O)C(NC1CCCCC1)c1ccc(C)cc1. The number of nitrogens with one attached hydrogen (secondary N) is 1. The van der Waals surface area contributed by atoms with Gasteiger partial charge in [0.1, 0.15) is 6.04 Å². The van der Waals surface area contributed by atoms with Gasteiger partial charge in [0.15, 0.2) is 0 Å². The maximum absolute atomic E-state index is 12.0. The lowest BCUT2D eigenvalue weighted by molar-refractivity contribution is -0.143. The van der Waals surface area contributed by atoms with Gasteiger partial charge in [0, 0.05) is 6.04 Å². The maximum atomic E-state index is 12.0. The van der Waals surface area contributed by atoms with Crippen LogP contribution in [0.5, 0.6) is 0 Å². The Balaban J connectivity index is 2.10. The molecule has 2 rings (SSSR count). The van der Waals surface area contributed by atoms with Crippen LogP contribution in [0.3, 0.4) is 0 Å². The summed E-state index contributed by atoms with van der Waals surface area (Å²) in [7, 11) is 1.45. The summed E-state index contributed by atoms with van der Waals surface area (Å²) in [4.78, 5) is 12.0. The maximum Gasteiger partial charge on any atom is 0.327 e. The van der Waals surface area contributed by atoms with Crippen molar-refractivity contribution in [3.05, 3.63) is 35.4 Å². The third-order valence-corrected chi connectivity index (χ3v) is 3.86. The van der Waals surface area contributed by atoms with E-state index in [9.17, 15) is 4.79 Å². The quantitative estimate of drug-likeness (QED) is 0.846. The molecule has 1 atom stereocenters. The van der Waals surface area contributed by atoms with Crippen LogP contribution >= 0.6 is 0 Å². The molecule has 0 aliphatic heterocycles. The van der Waals surface area contributed by atoms with Gasteiger partial charge in [0.25, 0.3) is 0 Å². The van der Waals surface area contributed by atoms with Crippen LogP contribution in [0.25, 0.3) is 0 Å². The van der Waals surface area contributed by atoms with Crippen molar-refractivity contribution in [3.8, 4) is 0 Å². The van der Waals surface area contributed by atoms with Crippen LogP contribution in [0.1, 0.15) is 49.3 Å². The molecule has 104 valence electrons. The molecule has 0 amide bonds. The first-order valence-corrected chi connectivity index (χ1v) is 7.11. The minimum Gasteiger partial charge on any atom is -0.468 e. The van der Waals surface area contributed by atoms with Gasteiger partial charge in [-0.05, 0) is 25.3 Å². The average molecular weight is 261 g/mol. The Labute approximate surface area is 115 Å². The molecule has 3 heteroatoms. The van der Waals surface area contributed by atoms with E-state index >= 15 is 0 Å². The number of carbonyl (C=O) groups excluding carboxylic acids is 1. The molecule has 1 fully saturated rings. The number of aryl methyl sites for hydroxylation is 1. The fraction of sp³-hybridized carbons (Fsp3) is 0.562.